The minimum atomic E-state index is -0.479. The molecule has 164 valence electrons. The molecule has 4 aromatic rings. The third kappa shape index (κ3) is 3.51. The van der Waals surface area contributed by atoms with Gasteiger partial charge < -0.3 is 14.7 Å². The van der Waals surface area contributed by atoms with Crippen LogP contribution < -0.4 is 0 Å². The van der Waals surface area contributed by atoms with Crippen molar-refractivity contribution in [3.63, 3.8) is 0 Å². The molecule has 0 spiro atoms. The van der Waals surface area contributed by atoms with Gasteiger partial charge in [-0.3, -0.25) is 14.9 Å². The number of aromatic hydroxyl groups is 1. The SMILES string of the molecule is COC(=O)c1ccc([C@@H]2c3c(-c4ccccc4O)n[nH]c3C(=O)N2Cc2cccnc2)cc1. The predicted octanol–water partition coefficient (Wildman–Crippen LogP) is 3.71. The van der Waals surface area contributed by atoms with Gasteiger partial charge in [0, 0.05) is 30.1 Å². The fraction of sp³-hybridized carbons (Fsp3) is 0.120. The molecule has 0 aliphatic carbocycles. The number of hydrogen-bond acceptors (Lipinski definition) is 6. The lowest BCUT2D eigenvalue weighted by Crippen LogP contribution is -2.29. The molecule has 0 saturated carbocycles. The highest BCUT2D eigenvalue weighted by atomic mass is 16.5. The van der Waals surface area contributed by atoms with E-state index < -0.39 is 12.0 Å². The van der Waals surface area contributed by atoms with Gasteiger partial charge >= 0.3 is 5.97 Å². The fourth-order valence-corrected chi connectivity index (χ4v) is 4.19. The summed E-state index contributed by atoms with van der Waals surface area (Å²) in [6.07, 6.45) is 3.40. The number of nitrogens with one attached hydrogen (secondary N) is 1. The molecule has 33 heavy (non-hydrogen) atoms. The molecule has 3 heterocycles. The zero-order valence-electron chi connectivity index (χ0n) is 17.7. The van der Waals surface area contributed by atoms with E-state index >= 15 is 0 Å². The van der Waals surface area contributed by atoms with E-state index in [1.807, 2.05) is 12.1 Å². The van der Waals surface area contributed by atoms with Gasteiger partial charge in [0.05, 0.1) is 18.7 Å². The average molecular weight is 440 g/mol. The average Bonchev–Trinajstić information content (AvgIpc) is 3.39. The van der Waals surface area contributed by atoms with Crippen LogP contribution in [-0.2, 0) is 11.3 Å². The van der Waals surface area contributed by atoms with E-state index in [-0.39, 0.29) is 11.7 Å². The largest absolute Gasteiger partial charge is 0.507 e. The zero-order chi connectivity index (χ0) is 22.9. The van der Waals surface area contributed by atoms with Gasteiger partial charge in [-0.2, -0.15) is 5.10 Å². The van der Waals surface area contributed by atoms with Crippen molar-refractivity contribution in [3.05, 3.63) is 101 Å². The van der Waals surface area contributed by atoms with Crippen LogP contribution in [0.1, 0.15) is 43.6 Å². The molecular formula is C25H20N4O4. The number of nitrogens with zero attached hydrogens (tertiary/aromatic N) is 3. The van der Waals surface area contributed by atoms with Crippen molar-refractivity contribution < 1.29 is 19.4 Å². The van der Waals surface area contributed by atoms with Crippen molar-refractivity contribution in [1.29, 1.82) is 0 Å². The van der Waals surface area contributed by atoms with Crippen molar-refractivity contribution in [2.75, 3.05) is 7.11 Å². The summed E-state index contributed by atoms with van der Waals surface area (Å²) in [4.78, 5) is 31.2. The Morgan fingerprint density at radius 1 is 1.12 bits per heavy atom. The van der Waals surface area contributed by atoms with Gasteiger partial charge in [0.15, 0.2) is 0 Å². The molecule has 0 unspecified atom stereocenters. The maximum Gasteiger partial charge on any atom is 0.337 e. The van der Waals surface area contributed by atoms with Crippen molar-refractivity contribution in [3.8, 4) is 17.0 Å². The molecule has 8 heteroatoms. The summed E-state index contributed by atoms with van der Waals surface area (Å²) in [5, 5.41) is 17.7. The van der Waals surface area contributed by atoms with Crippen LogP contribution in [0.5, 0.6) is 5.75 Å². The third-order valence-electron chi connectivity index (χ3n) is 5.75. The first-order valence-electron chi connectivity index (χ1n) is 10.3. The summed E-state index contributed by atoms with van der Waals surface area (Å²) in [5.41, 5.74) is 4.18. The summed E-state index contributed by atoms with van der Waals surface area (Å²) >= 11 is 0. The Kier molecular flexibility index (Phi) is 5.10. The summed E-state index contributed by atoms with van der Waals surface area (Å²) in [7, 11) is 1.33. The zero-order valence-corrected chi connectivity index (χ0v) is 17.7. The molecule has 2 aromatic carbocycles. The van der Waals surface area contributed by atoms with E-state index in [1.54, 1.807) is 65.8 Å². The quantitative estimate of drug-likeness (QED) is 0.458. The topological polar surface area (TPSA) is 108 Å². The molecule has 1 atom stereocenters. The van der Waals surface area contributed by atoms with Gasteiger partial charge in [-0.1, -0.05) is 30.3 Å². The third-order valence-corrected chi connectivity index (χ3v) is 5.75. The van der Waals surface area contributed by atoms with Gasteiger partial charge in [0.25, 0.3) is 5.91 Å². The maximum atomic E-state index is 13.4. The number of aromatic nitrogens is 3. The molecule has 0 bridgehead atoms. The second-order valence-electron chi connectivity index (χ2n) is 7.69. The van der Waals surface area contributed by atoms with Crippen LogP contribution >= 0.6 is 0 Å². The van der Waals surface area contributed by atoms with Crippen LogP contribution in [0, 0.1) is 0 Å². The first-order chi connectivity index (χ1) is 16.1. The van der Waals surface area contributed by atoms with Crippen LogP contribution in [0.4, 0.5) is 0 Å². The Hall–Kier alpha value is -4.46. The lowest BCUT2D eigenvalue weighted by Gasteiger charge is -2.26. The molecule has 2 aromatic heterocycles. The number of carbonyl (C=O) groups is 2. The van der Waals surface area contributed by atoms with E-state index in [0.29, 0.717) is 34.6 Å². The minimum Gasteiger partial charge on any atom is -0.507 e. The number of phenols is 1. The highest BCUT2D eigenvalue weighted by Gasteiger charge is 2.42. The van der Waals surface area contributed by atoms with Crippen LogP contribution in [0.25, 0.3) is 11.3 Å². The molecule has 0 radical (unpaired) electrons. The molecule has 0 fully saturated rings. The van der Waals surface area contributed by atoms with Gasteiger partial charge in [0.1, 0.15) is 17.1 Å². The van der Waals surface area contributed by atoms with E-state index in [9.17, 15) is 14.7 Å². The first kappa shape index (κ1) is 20.4. The number of H-pyrrole nitrogens is 1. The number of aromatic amines is 1. The number of methoxy groups -OCH3 is 1. The van der Waals surface area contributed by atoms with Crippen LogP contribution in [0.15, 0.2) is 73.1 Å². The highest BCUT2D eigenvalue weighted by molar-refractivity contribution is 6.00. The Morgan fingerprint density at radius 2 is 1.91 bits per heavy atom. The number of pyridine rings is 1. The van der Waals surface area contributed by atoms with E-state index in [2.05, 4.69) is 15.2 Å². The van der Waals surface area contributed by atoms with Crippen molar-refractivity contribution in [1.82, 2.24) is 20.1 Å². The minimum absolute atomic E-state index is 0.0738. The lowest BCUT2D eigenvalue weighted by atomic mass is 9.95. The number of phenolic OH excluding ortho intramolecular Hbond substituents is 1. The number of benzene rings is 2. The Morgan fingerprint density at radius 3 is 2.61 bits per heavy atom. The molecule has 2 N–H and O–H groups in total. The van der Waals surface area contributed by atoms with Crippen LogP contribution in [0.3, 0.4) is 0 Å². The second-order valence-corrected chi connectivity index (χ2v) is 7.69. The predicted molar refractivity (Wildman–Crippen MR) is 119 cm³/mol. The molecule has 1 aliphatic rings. The number of carbonyl (C=O) groups excluding carboxylic acids is 2. The summed E-state index contributed by atoms with van der Waals surface area (Å²) < 4.78 is 4.80. The van der Waals surface area contributed by atoms with Gasteiger partial charge in [0.2, 0.25) is 0 Å². The Labute approximate surface area is 189 Å². The van der Waals surface area contributed by atoms with Crippen LogP contribution in [-0.4, -0.2) is 44.2 Å². The molecule has 0 saturated heterocycles. The number of hydrogen-bond donors (Lipinski definition) is 2. The number of ether oxygens (including phenoxy) is 1. The highest BCUT2D eigenvalue weighted by Crippen LogP contribution is 2.44. The summed E-state index contributed by atoms with van der Waals surface area (Å²) in [5.74, 6) is -0.565. The molecule has 1 aliphatic heterocycles. The Bertz CT molecular complexity index is 1330. The first-order valence-corrected chi connectivity index (χ1v) is 10.3. The molecule has 8 nitrogen and oxygen atoms in total. The van der Waals surface area contributed by atoms with Gasteiger partial charge in [-0.15, -0.1) is 0 Å². The number of esters is 1. The number of fused-ring (bicyclic) bond motifs is 1. The second kappa shape index (κ2) is 8.23. The number of amides is 1. The lowest BCUT2D eigenvalue weighted by molar-refractivity contribution is 0.0600. The van der Waals surface area contributed by atoms with Gasteiger partial charge in [-0.05, 0) is 41.5 Å². The number of rotatable bonds is 5. The van der Waals surface area contributed by atoms with Crippen LogP contribution in [0.2, 0.25) is 0 Å². The van der Waals surface area contributed by atoms with Crippen molar-refractivity contribution in [2.24, 2.45) is 0 Å². The van der Waals surface area contributed by atoms with E-state index in [1.165, 1.54) is 7.11 Å². The van der Waals surface area contributed by atoms with Crippen molar-refractivity contribution in [2.45, 2.75) is 12.6 Å². The summed E-state index contributed by atoms with van der Waals surface area (Å²) in [6, 6.07) is 17.1. The number of para-hydroxylation sites is 1. The molecular weight excluding hydrogens is 420 g/mol. The molecule has 5 rings (SSSR count). The monoisotopic (exact) mass is 440 g/mol. The van der Waals surface area contributed by atoms with E-state index in [4.69, 9.17) is 4.74 Å². The fourth-order valence-electron chi connectivity index (χ4n) is 4.19. The van der Waals surface area contributed by atoms with Crippen molar-refractivity contribution >= 4 is 11.9 Å². The van der Waals surface area contributed by atoms with Gasteiger partial charge in [-0.25, -0.2) is 4.79 Å². The maximum absolute atomic E-state index is 13.4. The smallest absolute Gasteiger partial charge is 0.337 e. The standard InChI is InChI=1S/C25H20N4O4/c1-33-25(32)17-10-8-16(9-11-17)23-20-21(18-6-2-3-7-19(18)30)27-28-22(20)24(31)29(23)14-15-5-4-12-26-13-15/h2-13,23,30H,14H2,1H3,(H,27,28)/t23-/m1/s1. The normalized spacial score (nSPS) is 14.9. The summed E-state index contributed by atoms with van der Waals surface area (Å²) in [6.45, 7) is 0.332. The Balaban J connectivity index is 1.64. The van der Waals surface area contributed by atoms with E-state index in [0.717, 1.165) is 11.1 Å². The molecule has 1 amide bonds.